The van der Waals surface area contributed by atoms with Crippen LogP contribution in [-0.4, -0.2) is 197 Å². The normalized spacial score (nSPS) is 28.8. The van der Waals surface area contributed by atoms with Crippen LogP contribution in [0.4, 0.5) is 0 Å². The molecule has 6 bridgehead atoms. The van der Waals surface area contributed by atoms with Gasteiger partial charge in [0.25, 0.3) is 28.5 Å². The van der Waals surface area contributed by atoms with Gasteiger partial charge in [-0.25, -0.2) is 4.79 Å². The van der Waals surface area contributed by atoms with Crippen LogP contribution in [-0.2, 0) is 88.4 Å². The van der Waals surface area contributed by atoms with Gasteiger partial charge in [-0.3, -0.25) is 53.1 Å². The number of methoxy groups -OCH3 is 2. The Morgan fingerprint density at radius 1 is 0.477 bits per heavy atom. The molecule has 3 aromatic carbocycles. The van der Waals surface area contributed by atoms with E-state index in [-0.39, 0.29) is 47.0 Å². The third-order valence-electron chi connectivity index (χ3n) is 27.2. The maximum absolute atomic E-state index is 13.0. The molecule has 5 amide bonds. The first-order valence-corrected chi connectivity index (χ1v) is 39.1. The number of aromatic hydroxyl groups is 1. The molecular formula is C83H102N12O16. The molecule has 28 heteroatoms. The molecule has 6 heterocycles. The molecule has 3 saturated carbocycles. The number of hydrogen-bond donors (Lipinski definition) is 14. The SMILES string of the molecule is COc1ccc2c(c1)[C@]13CCN(CC4CC4)[C@H](C2)[C@]1(O)Cc1cc(C(=O)N[C@@H](C)C(N)=O)c(=O)[nH]c1C3.COc1ccc2c(c1)[C@]13CCN(CC4CC4)[C@H](C2)[C@]1(O)Cc1cc(C(=O)O)c(=O)[nH]c1C3.C[C@H](N)C(N)=O.C[C@H](NC(=O)c1cc2c([nH]c1=O)C[C@]13CCN(CC4CC4)[C@H](Cc4ccc(O)cc41)[C@]3(O)C2)C(N)=O. The highest BCUT2D eigenvalue weighted by molar-refractivity contribution is 5.98. The quantitative estimate of drug-likeness (QED) is 0.0659. The molecule has 18 N–H and O–H groups in total. The summed E-state index contributed by atoms with van der Waals surface area (Å²) in [5, 5.41) is 62.6. The summed E-state index contributed by atoms with van der Waals surface area (Å²) in [6.07, 6.45) is 14.2. The fourth-order valence-corrected chi connectivity index (χ4v) is 20.6. The standard InChI is InChI=1S/C28H34N4O5.C27H32N4O5.C25H28N2O5.C3H8N2O/c1-15(24(29)33)30-25(34)20-9-18-12-28(36)23-10-17-5-6-19(37-2)11-21(17)27(28,13-22(18)31-26(20)35)7-8-32(23)14-16-3-4-16;1-14(23(28)33)29-24(34)19-8-17-11-27(36)22-9-16-4-5-18(32)10-20(16)26(27,12-21(17)30-25(19)35)6-7-31(22)13-15-2-3-15;1-32-17-5-4-15-9-21-25(31)11-16-8-18(23(29)30)22(28)26-20(16)12-24(25,19(15)10-17)6-7-27(21)13-14-2-3-14;1-2(4)3(5)6/h5-6,9,11,15-16,23,36H,3-4,7-8,10,12-14H2,1-2H3,(H2,29,33)(H,30,34)(H,31,35);4-5,8,10,14-15,22,32,36H,2-3,6-7,9,11-13H2,1H3,(H2,28,33)(H,29,34)(H,30,35);4-5,8,10,14,21,31H,2-3,6-7,9,11-13H2,1H3,(H,26,28)(H,29,30);2H,4H2,1H3,(H2,5,6)/t15-,23+,27+,28+;14-,22+,26+,27+;21-,24-,25-;2-/m0010/s1. The van der Waals surface area contributed by atoms with E-state index < -0.39 is 103 Å². The van der Waals surface area contributed by atoms with Crippen LogP contribution in [0.1, 0.15) is 177 Å². The number of piperidine rings is 3. The third-order valence-corrected chi connectivity index (χ3v) is 27.2. The van der Waals surface area contributed by atoms with Crippen LogP contribution >= 0.6 is 0 Å². The van der Waals surface area contributed by atoms with Crippen molar-refractivity contribution in [3.63, 3.8) is 0 Å². The van der Waals surface area contributed by atoms with Crippen molar-refractivity contribution >= 4 is 35.5 Å². The lowest BCUT2D eigenvalue weighted by Crippen LogP contribution is -2.74. The van der Waals surface area contributed by atoms with Crippen molar-refractivity contribution in [2.24, 2.45) is 40.7 Å². The molecule has 12 atom stereocenters. The molecule has 3 saturated heterocycles. The number of H-pyrrole nitrogens is 3. The molecule has 18 rings (SSSR count). The van der Waals surface area contributed by atoms with Gasteiger partial charge < -0.3 is 83.5 Å². The van der Waals surface area contributed by atoms with Gasteiger partial charge in [0.1, 0.15) is 46.0 Å². The molecule has 590 valence electrons. The predicted molar refractivity (Wildman–Crippen MR) is 409 cm³/mol. The number of amides is 5. The monoisotopic (exact) mass is 1520 g/mol. The summed E-state index contributed by atoms with van der Waals surface area (Å²) in [6.45, 7) is 10.1. The minimum absolute atomic E-state index is 0.0360. The minimum Gasteiger partial charge on any atom is -0.508 e. The molecule has 6 aromatic rings. The summed E-state index contributed by atoms with van der Waals surface area (Å²) in [4.78, 5) is 124. The molecule has 111 heavy (non-hydrogen) atoms. The number of aromatic amines is 3. The Hall–Kier alpha value is -9.55. The first-order chi connectivity index (χ1) is 52.7. The number of nitrogens with zero attached hydrogens (tertiary/aromatic N) is 3. The molecule has 3 aromatic heterocycles. The van der Waals surface area contributed by atoms with E-state index in [0.717, 1.165) is 127 Å². The second-order valence-corrected chi connectivity index (χ2v) is 33.9. The van der Waals surface area contributed by atoms with Crippen LogP contribution in [0.3, 0.4) is 0 Å². The Kier molecular flexibility index (Phi) is 19.8. The molecule has 28 nitrogen and oxygen atoms in total. The van der Waals surface area contributed by atoms with E-state index in [4.69, 9.17) is 26.7 Å². The maximum Gasteiger partial charge on any atom is 0.341 e. The highest BCUT2D eigenvalue weighted by Crippen LogP contribution is 2.61. The summed E-state index contributed by atoms with van der Waals surface area (Å²) >= 11 is 0. The number of hydrogen-bond acceptors (Lipinski definition) is 19. The molecule has 3 aliphatic heterocycles. The number of aromatic nitrogens is 3. The second-order valence-electron chi connectivity index (χ2n) is 33.9. The number of fused-ring (bicyclic) bond motifs is 6. The van der Waals surface area contributed by atoms with Gasteiger partial charge >= 0.3 is 5.97 Å². The van der Waals surface area contributed by atoms with E-state index in [2.05, 4.69) is 70.3 Å². The number of nitrogens with two attached hydrogens (primary N) is 4. The summed E-state index contributed by atoms with van der Waals surface area (Å²) in [5.41, 5.74) is 24.3. The Bertz CT molecular complexity index is 4990. The number of phenols is 1. The van der Waals surface area contributed by atoms with Gasteiger partial charge in [0.2, 0.25) is 17.7 Å². The van der Waals surface area contributed by atoms with Gasteiger partial charge in [0, 0.05) is 110 Å². The number of primary amides is 3. The maximum atomic E-state index is 13.0. The fraction of sp³-hybridized carbons (Fsp3) is 0.530. The van der Waals surface area contributed by atoms with Crippen molar-refractivity contribution < 1.29 is 63.8 Å². The number of aromatic carboxylic acids is 1. The number of nitrogens with one attached hydrogen (secondary N) is 5. The van der Waals surface area contributed by atoms with Gasteiger partial charge in [-0.05, 0) is 240 Å². The van der Waals surface area contributed by atoms with Gasteiger partial charge in [-0.15, -0.1) is 0 Å². The van der Waals surface area contributed by atoms with Crippen molar-refractivity contribution in [1.29, 1.82) is 0 Å². The molecule has 6 fully saturated rings. The largest absolute Gasteiger partial charge is 0.508 e. The molecule has 0 radical (unpaired) electrons. The van der Waals surface area contributed by atoms with Crippen molar-refractivity contribution in [3.8, 4) is 17.2 Å². The van der Waals surface area contributed by atoms with Gasteiger partial charge in [0.15, 0.2) is 0 Å². The average Bonchev–Trinajstić information content (AvgIpc) is 1.66. The molecule has 9 aliphatic carbocycles. The highest BCUT2D eigenvalue weighted by atomic mass is 16.5. The third kappa shape index (κ3) is 13.4. The molecule has 0 unspecified atom stereocenters. The van der Waals surface area contributed by atoms with Crippen molar-refractivity contribution in [2.45, 2.75) is 206 Å². The van der Waals surface area contributed by atoms with E-state index in [1.54, 1.807) is 45.4 Å². The lowest BCUT2D eigenvalue weighted by atomic mass is 9.49. The number of phenolic OH excluding ortho intramolecular Hbond substituents is 1. The summed E-state index contributed by atoms with van der Waals surface area (Å²) in [7, 11) is 3.30. The number of likely N-dealkylation sites (tertiary alicyclic amines) is 3. The van der Waals surface area contributed by atoms with Crippen molar-refractivity contribution in [3.05, 3.63) is 188 Å². The average molecular weight is 1520 g/mol. The van der Waals surface area contributed by atoms with Crippen LogP contribution in [0.2, 0.25) is 0 Å². The highest BCUT2D eigenvalue weighted by Gasteiger charge is 2.68. The van der Waals surface area contributed by atoms with Crippen LogP contribution in [0, 0.1) is 17.8 Å². The number of ether oxygens (including phenoxy) is 2. The number of carbonyl (C=O) groups is 6. The summed E-state index contributed by atoms with van der Waals surface area (Å²) in [5.74, 6) is -0.632. The number of aliphatic hydroxyl groups is 3. The van der Waals surface area contributed by atoms with Crippen molar-refractivity contribution in [1.82, 2.24) is 40.3 Å². The summed E-state index contributed by atoms with van der Waals surface area (Å²) in [6, 6.07) is 19.9. The molecule has 0 spiro atoms. The zero-order chi connectivity index (χ0) is 78.9. The Morgan fingerprint density at radius 2 is 0.793 bits per heavy atom. The first-order valence-electron chi connectivity index (χ1n) is 39.1. The zero-order valence-corrected chi connectivity index (χ0v) is 63.5. The smallest absolute Gasteiger partial charge is 0.341 e. The Morgan fingerprint density at radius 3 is 1.10 bits per heavy atom. The van der Waals surface area contributed by atoms with Crippen LogP contribution < -0.4 is 59.7 Å². The molecule has 12 aliphatic rings. The number of carboxylic acid groups (broad SMARTS) is 1. The lowest BCUT2D eigenvalue weighted by Gasteiger charge is -2.63. The lowest BCUT2D eigenvalue weighted by molar-refractivity contribution is -0.152. The van der Waals surface area contributed by atoms with E-state index >= 15 is 0 Å². The topological polar surface area (TPSA) is 458 Å². The van der Waals surface area contributed by atoms with E-state index in [1.807, 2.05) is 18.2 Å². The minimum atomic E-state index is -1.24. The van der Waals surface area contributed by atoms with E-state index in [1.165, 1.54) is 69.6 Å². The number of pyridine rings is 3. The zero-order valence-electron chi connectivity index (χ0n) is 63.5. The van der Waals surface area contributed by atoms with Gasteiger partial charge in [0.05, 0.1) is 37.1 Å². The number of benzene rings is 3. The first kappa shape index (κ1) is 76.8. The van der Waals surface area contributed by atoms with Crippen molar-refractivity contribution in [2.75, 3.05) is 53.5 Å². The van der Waals surface area contributed by atoms with Gasteiger partial charge in [-0.1, -0.05) is 18.2 Å². The van der Waals surface area contributed by atoms with Crippen LogP contribution in [0.25, 0.3) is 0 Å². The Balaban J connectivity index is 0.000000127. The molecular weight excluding hydrogens is 1420 g/mol. The van der Waals surface area contributed by atoms with Crippen LogP contribution in [0.5, 0.6) is 17.2 Å². The van der Waals surface area contributed by atoms with Crippen LogP contribution in [0.15, 0.2) is 87.2 Å². The second kappa shape index (κ2) is 28.6. The van der Waals surface area contributed by atoms with E-state index in [9.17, 15) is 68.7 Å². The van der Waals surface area contributed by atoms with Gasteiger partial charge in [-0.2, -0.15) is 0 Å². The number of rotatable bonds is 16. The summed E-state index contributed by atoms with van der Waals surface area (Å²) < 4.78 is 11.1. The number of carboxylic acids is 1. The number of carbonyl (C=O) groups excluding carboxylic acids is 5. The fourth-order valence-electron chi connectivity index (χ4n) is 20.6. The van der Waals surface area contributed by atoms with E-state index in [0.29, 0.717) is 68.4 Å². The Labute approximate surface area is 641 Å². The predicted octanol–water partition coefficient (Wildman–Crippen LogP) is 2.00.